The molecular weight excluding hydrogens is 208 g/mol. The molecule has 1 saturated heterocycles. The molecule has 1 aliphatic heterocycles. The molecule has 0 spiro atoms. The largest absolute Gasteiger partial charge is 0.341 e. The molecule has 3 nitrogen and oxygen atoms in total. The molecule has 0 unspecified atom stereocenters. The quantitative estimate of drug-likeness (QED) is 0.730. The van der Waals surface area contributed by atoms with Gasteiger partial charge in [-0.3, -0.25) is 4.79 Å². The number of amides is 1. The zero-order valence-electron chi connectivity index (χ0n) is 9.15. The summed E-state index contributed by atoms with van der Waals surface area (Å²) in [4.78, 5) is 14.2. The average Bonchev–Trinajstić information content (AvgIpc) is 2.30. The van der Waals surface area contributed by atoms with Gasteiger partial charge in [-0.2, -0.15) is 11.8 Å². The van der Waals surface area contributed by atoms with Crippen molar-refractivity contribution in [2.45, 2.75) is 31.7 Å². The third kappa shape index (κ3) is 2.88. The van der Waals surface area contributed by atoms with E-state index in [1.165, 1.54) is 0 Å². The van der Waals surface area contributed by atoms with Gasteiger partial charge in [-0.15, -0.1) is 0 Å². The lowest BCUT2D eigenvalue weighted by molar-refractivity contribution is -0.136. The molecule has 15 heavy (non-hydrogen) atoms. The maximum absolute atomic E-state index is 12.1. The normalized spacial score (nSPS) is 32.7. The van der Waals surface area contributed by atoms with Gasteiger partial charge in [0.25, 0.3) is 0 Å². The lowest BCUT2D eigenvalue weighted by atomic mass is 9.85. The number of nitrogens with zero attached hydrogens (tertiary/aromatic N) is 1. The van der Waals surface area contributed by atoms with Crippen molar-refractivity contribution in [1.82, 2.24) is 4.90 Å². The van der Waals surface area contributed by atoms with Crippen molar-refractivity contribution < 1.29 is 4.79 Å². The molecular formula is C11H20N2OS. The summed E-state index contributed by atoms with van der Waals surface area (Å²) in [6, 6.07) is 0.339. The van der Waals surface area contributed by atoms with Crippen LogP contribution in [0.15, 0.2) is 0 Å². The molecule has 86 valence electrons. The first-order chi connectivity index (χ1) is 7.27. The number of rotatable bonds is 1. The zero-order valence-corrected chi connectivity index (χ0v) is 9.97. The Bertz CT molecular complexity index is 221. The van der Waals surface area contributed by atoms with E-state index in [4.69, 9.17) is 5.73 Å². The lowest BCUT2D eigenvalue weighted by Gasteiger charge is -2.33. The van der Waals surface area contributed by atoms with Crippen LogP contribution in [0, 0.1) is 5.92 Å². The van der Waals surface area contributed by atoms with E-state index in [0.29, 0.717) is 11.9 Å². The van der Waals surface area contributed by atoms with Crippen molar-refractivity contribution in [2.24, 2.45) is 11.7 Å². The van der Waals surface area contributed by atoms with E-state index in [-0.39, 0.29) is 5.92 Å². The van der Waals surface area contributed by atoms with Gasteiger partial charge in [0, 0.05) is 36.6 Å². The SMILES string of the molecule is NC1CCC(C(=O)N2CCSCC2)CC1. The highest BCUT2D eigenvalue weighted by molar-refractivity contribution is 7.99. The van der Waals surface area contributed by atoms with Gasteiger partial charge in [0.1, 0.15) is 0 Å². The highest BCUT2D eigenvalue weighted by atomic mass is 32.2. The highest BCUT2D eigenvalue weighted by Gasteiger charge is 2.28. The van der Waals surface area contributed by atoms with Crippen molar-refractivity contribution in [2.75, 3.05) is 24.6 Å². The molecule has 1 aliphatic carbocycles. The Morgan fingerprint density at radius 1 is 1.13 bits per heavy atom. The van der Waals surface area contributed by atoms with Crippen LogP contribution in [0.2, 0.25) is 0 Å². The van der Waals surface area contributed by atoms with Crippen molar-refractivity contribution in [3.05, 3.63) is 0 Å². The van der Waals surface area contributed by atoms with Crippen molar-refractivity contribution in [3.63, 3.8) is 0 Å². The molecule has 0 aromatic carbocycles. The predicted molar refractivity (Wildman–Crippen MR) is 63.8 cm³/mol. The van der Waals surface area contributed by atoms with Gasteiger partial charge in [0.15, 0.2) is 0 Å². The van der Waals surface area contributed by atoms with E-state index in [1.54, 1.807) is 0 Å². The number of hydrogen-bond acceptors (Lipinski definition) is 3. The van der Waals surface area contributed by atoms with Crippen molar-refractivity contribution in [1.29, 1.82) is 0 Å². The summed E-state index contributed by atoms with van der Waals surface area (Å²) >= 11 is 1.95. The van der Waals surface area contributed by atoms with E-state index in [1.807, 2.05) is 11.8 Å². The highest BCUT2D eigenvalue weighted by Crippen LogP contribution is 2.25. The molecule has 2 rings (SSSR count). The Hall–Kier alpha value is -0.220. The predicted octanol–water partition coefficient (Wildman–Crippen LogP) is 1.08. The smallest absolute Gasteiger partial charge is 0.225 e. The Labute approximate surface area is 95.8 Å². The van der Waals surface area contributed by atoms with Crippen LogP contribution in [-0.2, 0) is 4.79 Å². The summed E-state index contributed by atoms with van der Waals surface area (Å²) in [7, 11) is 0. The van der Waals surface area contributed by atoms with Gasteiger partial charge in [-0.05, 0) is 25.7 Å². The first-order valence-electron chi connectivity index (χ1n) is 5.89. The summed E-state index contributed by atoms with van der Waals surface area (Å²) in [5.74, 6) is 2.88. The number of hydrogen-bond donors (Lipinski definition) is 1. The first-order valence-corrected chi connectivity index (χ1v) is 7.05. The molecule has 1 saturated carbocycles. The average molecular weight is 228 g/mol. The number of thioether (sulfide) groups is 1. The van der Waals surface area contributed by atoms with Crippen LogP contribution in [0.3, 0.4) is 0 Å². The minimum Gasteiger partial charge on any atom is -0.341 e. The number of nitrogens with two attached hydrogens (primary N) is 1. The van der Waals surface area contributed by atoms with E-state index in [9.17, 15) is 4.79 Å². The fourth-order valence-electron chi connectivity index (χ4n) is 2.41. The van der Waals surface area contributed by atoms with Gasteiger partial charge >= 0.3 is 0 Å². The zero-order chi connectivity index (χ0) is 10.7. The number of carbonyl (C=O) groups is 1. The second-order valence-corrected chi connectivity index (χ2v) is 5.77. The summed E-state index contributed by atoms with van der Waals surface area (Å²) in [5, 5.41) is 0. The molecule has 0 aromatic rings. The topological polar surface area (TPSA) is 46.3 Å². The molecule has 2 fully saturated rings. The Morgan fingerprint density at radius 3 is 2.33 bits per heavy atom. The molecule has 0 aromatic heterocycles. The molecule has 2 N–H and O–H groups in total. The summed E-state index contributed by atoms with van der Waals surface area (Å²) in [6.07, 6.45) is 4.06. The summed E-state index contributed by atoms with van der Waals surface area (Å²) in [6.45, 7) is 1.90. The summed E-state index contributed by atoms with van der Waals surface area (Å²) < 4.78 is 0. The second-order valence-electron chi connectivity index (χ2n) is 4.55. The van der Waals surface area contributed by atoms with Crippen LogP contribution >= 0.6 is 11.8 Å². The Kier molecular flexibility index (Phi) is 3.92. The Morgan fingerprint density at radius 2 is 1.73 bits per heavy atom. The fraction of sp³-hybridized carbons (Fsp3) is 0.909. The molecule has 4 heteroatoms. The molecule has 2 aliphatic rings. The van der Waals surface area contributed by atoms with Crippen LogP contribution in [0.25, 0.3) is 0 Å². The third-order valence-corrected chi connectivity index (χ3v) is 4.39. The molecule has 1 heterocycles. The minimum atomic E-state index is 0.271. The Balaban J connectivity index is 1.84. The second kappa shape index (κ2) is 5.21. The van der Waals surface area contributed by atoms with Crippen LogP contribution in [0.5, 0.6) is 0 Å². The van der Waals surface area contributed by atoms with Crippen LogP contribution < -0.4 is 5.73 Å². The standard InChI is InChI=1S/C11H20N2OS/c12-10-3-1-9(2-4-10)11(14)13-5-7-15-8-6-13/h9-10H,1-8,12H2. The molecule has 0 bridgehead atoms. The molecule has 0 atom stereocenters. The van der Waals surface area contributed by atoms with Crippen LogP contribution in [0.1, 0.15) is 25.7 Å². The lowest BCUT2D eigenvalue weighted by Crippen LogP contribution is -2.43. The summed E-state index contributed by atoms with van der Waals surface area (Å²) in [5.41, 5.74) is 5.85. The molecule has 0 radical (unpaired) electrons. The molecule has 1 amide bonds. The van der Waals surface area contributed by atoms with E-state index in [0.717, 1.165) is 50.3 Å². The van der Waals surface area contributed by atoms with E-state index < -0.39 is 0 Å². The maximum Gasteiger partial charge on any atom is 0.225 e. The maximum atomic E-state index is 12.1. The van der Waals surface area contributed by atoms with Crippen molar-refractivity contribution >= 4 is 17.7 Å². The monoisotopic (exact) mass is 228 g/mol. The van der Waals surface area contributed by atoms with E-state index in [2.05, 4.69) is 4.90 Å². The van der Waals surface area contributed by atoms with Gasteiger partial charge in [-0.25, -0.2) is 0 Å². The number of carbonyl (C=O) groups excluding carboxylic acids is 1. The minimum absolute atomic E-state index is 0.271. The van der Waals surface area contributed by atoms with Gasteiger partial charge in [-0.1, -0.05) is 0 Å². The van der Waals surface area contributed by atoms with Gasteiger partial charge in [0.05, 0.1) is 0 Å². The fourth-order valence-corrected chi connectivity index (χ4v) is 3.31. The van der Waals surface area contributed by atoms with Gasteiger partial charge in [0.2, 0.25) is 5.91 Å². The first kappa shape index (κ1) is 11.3. The van der Waals surface area contributed by atoms with E-state index >= 15 is 0 Å². The van der Waals surface area contributed by atoms with Crippen LogP contribution in [-0.4, -0.2) is 41.4 Å². The van der Waals surface area contributed by atoms with Crippen molar-refractivity contribution in [3.8, 4) is 0 Å². The van der Waals surface area contributed by atoms with Crippen LogP contribution in [0.4, 0.5) is 0 Å². The van der Waals surface area contributed by atoms with Gasteiger partial charge < -0.3 is 10.6 Å². The third-order valence-electron chi connectivity index (χ3n) is 3.44.